The Morgan fingerprint density at radius 2 is 0.982 bits per heavy atom. The van der Waals surface area contributed by atoms with Gasteiger partial charge in [0.2, 0.25) is 0 Å². The molecule has 4 heterocycles. The number of hydrogen-bond donors (Lipinski definition) is 0. The summed E-state index contributed by atoms with van der Waals surface area (Å²) >= 11 is 1.84. The molecule has 0 atom stereocenters. The van der Waals surface area contributed by atoms with E-state index in [-0.39, 0.29) is 0 Å². The minimum absolute atomic E-state index is 0.597. The van der Waals surface area contributed by atoms with Crippen LogP contribution in [0.25, 0.3) is 115 Å². The summed E-state index contributed by atoms with van der Waals surface area (Å²) in [6.07, 6.45) is 0. The van der Waals surface area contributed by atoms with Crippen LogP contribution in [0.4, 0.5) is 0 Å². The van der Waals surface area contributed by atoms with Gasteiger partial charge in [-0.1, -0.05) is 146 Å². The summed E-state index contributed by atoms with van der Waals surface area (Å²) < 4.78 is 11.8. The second kappa shape index (κ2) is 12.6. The lowest BCUT2D eigenvalue weighted by molar-refractivity contribution is 0.670. The van der Waals surface area contributed by atoms with E-state index in [0.29, 0.717) is 17.5 Å². The van der Waals surface area contributed by atoms with Gasteiger partial charge in [0.1, 0.15) is 11.2 Å². The van der Waals surface area contributed by atoms with Crippen LogP contribution < -0.4 is 0 Å². The van der Waals surface area contributed by atoms with Gasteiger partial charge in [-0.3, -0.25) is 0 Å². The number of hydrogen-bond acceptors (Lipinski definition) is 5. The molecule has 0 N–H and O–H groups in total. The van der Waals surface area contributed by atoms with Crippen LogP contribution in [-0.2, 0) is 0 Å². The van der Waals surface area contributed by atoms with Crippen LogP contribution in [0.5, 0.6) is 0 Å². The average Bonchev–Trinajstić information content (AvgIpc) is 3.96. The van der Waals surface area contributed by atoms with Crippen molar-refractivity contribution in [3.8, 4) is 51.0 Å². The van der Waals surface area contributed by atoms with Crippen LogP contribution in [0.3, 0.4) is 0 Å². The smallest absolute Gasteiger partial charge is 0.164 e. The van der Waals surface area contributed by atoms with Gasteiger partial charge < -0.3 is 8.98 Å². The number of fused-ring (bicyclic) bond motifs is 9. The molecule has 0 spiro atoms. The van der Waals surface area contributed by atoms with E-state index in [1.807, 2.05) is 72.0 Å². The number of para-hydroxylation sites is 3. The Morgan fingerprint density at radius 3 is 1.67 bits per heavy atom. The van der Waals surface area contributed by atoms with Crippen molar-refractivity contribution < 1.29 is 4.42 Å². The summed E-state index contributed by atoms with van der Waals surface area (Å²) in [6.45, 7) is 0. The molecule has 0 saturated carbocycles. The van der Waals surface area contributed by atoms with Crippen LogP contribution in [-0.4, -0.2) is 19.5 Å². The first kappa shape index (κ1) is 31.9. The van der Waals surface area contributed by atoms with E-state index in [0.717, 1.165) is 49.8 Å². The third-order valence-corrected chi connectivity index (χ3v) is 12.3. The van der Waals surface area contributed by atoms with Gasteiger partial charge in [0.15, 0.2) is 17.5 Å². The zero-order valence-electron chi connectivity index (χ0n) is 30.4. The molecule has 57 heavy (non-hydrogen) atoms. The maximum absolute atomic E-state index is 6.86. The molecule has 0 unspecified atom stereocenters. The lowest BCUT2D eigenvalue weighted by atomic mass is 9.99. The van der Waals surface area contributed by atoms with Crippen LogP contribution in [0.15, 0.2) is 186 Å². The van der Waals surface area contributed by atoms with Gasteiger partial charge in [-0.2, -0.15) is 0 Å². The van der Waals surface area contributed by atoms with E-state index in [9.17, 15) is 0 Å². The minimum Gasteiger partial charge on any atom is -0.455 e. The zero-order valence-corrected chi connectivity index (χ0v) is 31.2. The minimum atomic E-state index is 0.597. The first-order chi connectivity index (χ1) is 28.3. The predicted molar refractivity (Wildman–Crippen MR) is 236 cm³/mol. The Bertz CT molecular complexity index is 3420. The number of aromatic nitrogens is 4. The Labute approximate surface area is 330 Å². The van der Waals surface area contributed by atoms with E-state index in [4.69, 9.17) is 19.4 Å². The average molecular weight is 747 g/mol. The summed E-state index contributed by atoms with van der Waals surface area (Å²) in [5, 5.41) is 7.13. The summed E-state index contributed by atoms with van der Waals surface area (Å²) in [4.78, 5) is 14.8. The van der Waals surface area contributed by atoms with E-state index < -0.39 is 0 Å². The van der Waals surface area contributed by atoms with Crippen LogP contribution in [0.2, 0.25) is 0 Å². The highest BCUT2D eigenvalue weighted by Crippen LogP contribution is 2.46. The fraction of sp³-hybridized carbons (Fsp3) is 0. The Balaban J connectivity index is 1.03. The molecule has 4 aromatic heterocycles. The molecule has 0 aliphatic carbocycles. The molecular weight excluding hydrogens is 717 g/mol. The van der Waals surface area contributed by atoms with E-state index >= 15 is 0 Å². The highest BCUT2D eigenvalue weighted by atomic mass is 32.1. The van der Waals surface area contributed by atoms with Crippen molar-refractivity contribution >= 4 is 75.3 Å². The fourth-order valence-corrected chi connectivity index (χ4v) is 9.75. The monoisotopic (exact) mass is 746 g/mol. The van der Waals surface area contributed by atoms with Crippen molar-refractivity contribution in [3.63, 3.8) is 0 Å². The van der Waals surface area contributed by atoms with E-state index in [1.165, 1.54) is 47.7 Å². The van der Waals surface area contributed by atoms with Crippen LogP contribution in [0, 0.1) is 0 Å². The van der Waals surface area contributed by atoms with Crippen molar-refractivity contribution in [3.05, 3.63) is 182 Å². The molecule has 5 nitrogen and oxygen atoms in total. The third kappa shape index (κ3) is 4.98. The normalized spacial score (nSPS) is 11.9. The second-order valence-corrected chi connectivity index (χ2v) is 15.4. The van der Waals surface area contributed by atoms with Crippen molar-refractivity contribution in [2.45, 2.75) is 0 Å². The van der Waals surface area contributed by atoms with Crippen LogP contribution >= 0.6 is 11.3 Å². The topological polar surface area (TPSA) is 56.7 Å². The molecule has 0 bridgehead atoms. The van der Waals surface area contributed by atoms with Crippen molar-refractivity contribution in [2.24, 2.45) is 0 Å². The molecule has 0 fully saturated rings. The SMILES string of the molecule is c1ccc(-c2nc(-c3ccccc3)nc(-c3ccc4c(c3)oc3c(-c5cccc6c5sc5cccc(-n7c8ccccc8c8ccccc87)c56)cccc34)n2)cc1. The summed E-state index contributed by atoms with van der Waals surface area (Å²) in [7, 11) is 0. The molecule has 0 radical (unpaired) electrons. The van der Waals surface area contributed by atoms with Crippen molar-refractivity contribution in [1.29, 1.82) is 0 Å². The summed E-state index contributed by atoms with van der Waals surface area (Å²) in [5.41, 5.74) is 10.2. The highest BCUT2D eigenvalue weighted by molar-refractivity contribution is 7.26. The zero-order chi connectivity index (χ0) is 37.5. The molecule has 266 valence electrons. The van der Waals surface area contributed by atoms with Gasteiger partial charge in [-0.15, -0.1) is 11.3 Å². The summed E-state index contributed by atoms with van der Waals surface area (Å²) in [5.74, 6) is 1.85. The van der Waals surface area contributed by atoms with Gasteiger partial charge in [-0.05, 0) is 36.4 Å². The van der Waals surface area contributed by atoms with Gasteiger partial charge in [0.25, 0.3) is 0 Å². The van der Waals surface area contributed by atoms with Crippen molar-refractivity contribution in [1.82, 2.24) is 19.5 Å². The number of furan rings is 1. The standard InChI is InChI=1S/C51H30N4OS/c1-3-14-31(15-4-1)49-52-50(32-16-5-2-6-17-32)54-51(53-49)33-28-29-36-37-20-11-21-38(47(37)56-44(36)30-33)39-22-12-23-40-46-43(26-13-27-45(46)57-48(39)40)55-41-24-9-7-18-34(41)35-19-8-10-25-42(35)55/h1-30H. The molecule has 0 saturated heterocycles. The lowest BCUT2D eigenvalue weighted by Crippen LogP contribution is -2.00. The van der Waals surface area contributed by atoms with Gasteiger partial charge in [0.05, 0.1) is 16.7 Å². The molecule has 8 aromatic carbocycles. The number of rotatable bonds is 5. The van der Waals surface area contributed by atoms with Gasteiger partial charge in [0, 0.05) is 69.5 Å². The molecule has 12 rings (SSSR count). The first-order valence-corrected chi connectivity index (χ1v) is 19.8. The van der Waals surface area contributed by atoms with Crippen LogP contribution in [0.1, 0.15) is 0 Å². The number of benzene rings is 8. The predicted octanol–water partition coefficient (Wildman–Crippen LogP) is 13.9. The fourth-order valence-electron chi connectivity index (χ4n) is 8.50. The Morgan fingerprint density at radius 1 is 0.421 bits per heavy atom. The largest absolute Gasteiger partial charge is 0.455 e. The molecule has 6 heteroatoms. The molecule has 0 amide bonds. The maximum atomic E-state index is 6.86. The highest BCUT2D eigenvalue weighted by Gasteiger charge is 2.21. The first-order valence-electron chi connectivity index (χ1n) is 19.0. The lowest BCUT2D eigenvalue weighted by Gasteiger charge is -2.10. The Hall–Kier alpha value is -7.41. The molecule has 0 aliphatic rings. The maximum Gasteiger partial charge on any atom is 0.164 e. The van der Waals surface area contributed by atoms with Crippen molar-refractivity contribution in [2.75, 3.05) is 0 Å². The third-order valence-electron chi connectivity index (χ3n) is 11.1. The van der Waals surface area contributed by atoms with E-state index in [2.05, 4.69) is 126 Å². The number of nitrogens with zero attached hydrogens (tertiary/aromatic N) is 4. The second-order valence-electron chi connectivity index (χ2n) is 14.3. The van der Waals surface area contributed by atoms with E-state index in [1.54, 1.807) is 0 Å². The van der Waals surface area contributed by atoms with Gasteiger partial charge >= 0.3 is 0 Å². The van der Waals surface area contributed by atoms with Gasteiger partial charge in [-0.25, -0.2) is 15.0 Å². The molecule has 12 aromatic rings. The number of thiophene rings is 1. The summed E-state index contributed by atoms with van der Waals surface area (Å²) in [6, 6.07) is 63.7. The Kier molecular flexibility index (Phi) is 7.03. The molecular formula is C51H30N4OS. The quantitative estimate of drug-likeness (QED) is 0.176. The molecule has 0 aliphatic heterocycles.